The second-order valence-corrected chi connectivity index (χ2v) is 17.8. The first-order valence-corrected chi connectivity index (χ1v) is 21.5. The van der Waals surface area contributed by atoms with Crippen molar-refractivity contribution in [3.05, 3.63) is 123 Å². The smallest absolute Gasteiger partial charge is 0.307 e. The van der Waals surface area contributed by atoms with Crippen molar-refractivity contribution in [1.82, 2.24) is 0 Å². The Balaban J connectivity index is 1.09. The van der Waals surface area contributed by atoms with Crippen molar-refractivity contribution in [2.24, 2.45) is 41.2 Å². The number of aliphatic hydroxyl groups excluding tert-OH is 1. The lowest BCUT2D eigenvalue weighted by molar-refractivity contribution is -0.147. The average Bonchev–Trinajstić information content (AvgIpc) is 3.64. The molecule has 5 heteroatoms. The lowest BCUT2D eigenvalue weighted by Gasteiger charge is -2.56. The number of rotatable bonds is 11. The molecular weight excluding hydrogens is 679 g/mol. The van der Waals surface area contributed by atoms with Crippen LogP contribution in [0.15, 0.2) is 90.5 Å². The molecule has 1 spiro atoms. The minimum Gasteiger partial charge on any atom is -0.511 e. The Morgan fingerprint density at radius 3 is 2.45 bits per heavy atom. The molecule has 0 aliphatic heterocycles. The van der Waals surface area contributed by atoms with Crippen molar-refractivity contribution in [2.75, 3.05) is 6.54 Å². The first-order chi connectivity index (χ1) is 26.8. The van der Waals surface area contributed by atoms with Gasteiger partial charge in [-0.3, -0.25) is 4.79 Å². The zero-order chi connectivity index (χ0) is 37.9. The molecule has 3 aromatic carbocycles. The van der Waals surface area contributed by atoms with Crippen LogP contribution >= 0.6 is 0 Å². The average molecular weight is 740 g/mol. The SMILES string of the molecule is NCCC1=C[C@H](CCCCCCC2CC=CC[C@H](C(=O)O)[C@]34C[C@H]5C(O)=c6ccccc6=C[C@@H]5C[C@H]3CCc3ccc(cc34)C[C@@H]2c2ccc(O)cc2)CC1. The molecule has 0 saturated heterocycles. The number of carboxylic acids is 1. The lowest BCUT2D eigenvalue weighted by Crippen LogP contribution is -2.55. The summed E-state index contributed by atoms with van der Waals surface area (Å²) in [5.74, 6) is 1.18. The van der Waals surface area contributed by atoms with Crippen LogP contribution < -0.4 is 16.2 Å². The molecule has 5 aliphatic carbocycles. The van der Waals surface area contributed by atoms with Gasteiger partial charge in [0.05, 0.1) is 5.92 Å². The first-order valence-electron chi connectivity index (χ1n) is 21.5. The van der Waals surface area contributed by atoms with E-state index >= 15 is 0 Å². The van der Waals surface area contributed by atoms with Gasteiger partial charge in [0.2, 0.25) is 0 Å². The summed E-state index contributed by atoms with van der Waals surface area (Å²) >= 11 is 0. The number of fused-ring (bicyclic) bond motifs is 3. The molecule has 5 aliphatic rings. The molecule has 0 aromatic heterocycles. The highest BCUT2D eigenvalue weighted by Crippen LogP contribution is 2.60. The fraction of sp³-hybridized carbons (Fsp3) is 0.500. The molecule has 5 N–H and O–H groups in total. The molecule has 0 amide bonds. The molecule has 8 rings (SSSR count). The van der Waals surface area contributed by atoms with Gasteiger partial charge in [0.1, 0.15) is 11.5 Å². The minimum atomic E-state index is -0.717. The van der Waals surface area contributed by atoms with E-state index in [1.54, 1.807) is 5.57 Å². The number of allylic oxidation sites excluding steroid dienone is 3. The Kier molecular flexibility index (Phi) is 11.4. The number of carboxylic acid groups (broad SMARTS) is 1. The number of phenolic OH excluding ortho intramolecular Hbond substituents is 1. The number of carbonyl (C=O) groups is 1. The fourth-order valence-electron chi connectivity index (χ4n) is 11.9. The maximum absolute atomic E-state index is 13.6. The Morgan fingerprint density at radius 2 is 1.64 bits per heavy atom. The van der Waals surface area contributed by atoms with Crippen LogP contribution in [0, 0.1) is 35.5 Å². The van der Waals surface area contributed by atoms with Crippen molar-refractivity contribution in [3.63, 3.8) is 0 Å². The van der Waals surface area contributed by atoms with Crippen LogP contribution in [0.4, 0.5) is 0 Å². The molecule has 1 unspecified atom stereocenters. The summed E-state index contributed by atoms with van der Waals surface area (Å²) in [4.78, 5) is 13.6. The molecule has 1 saturated carbocycles. The molecule has 3 aromatic rings. The monoisotopic (exact) mass is 739 g/mol. The van der Waals surface area contributed by atoms with Gasteiger partial charge in [0, 0.05) is 16.6 Å². The zero-order valence-electron chi connectivity index (χ0n) is 32.5. The van der Waals surface area contributed by atoms with Gasteiger partial charge in [-0.05, 0) is 153 Å². The van der Waals surface area contributed by atoms with Crippen LogP contribution in [-0.4, -0.2) is 27.8 Å². The molecule has 1 fully saturated rings. The number of aliphatic hydroxyl groups is 1. The first kappa shape index (κ1) is 37.8. The van der Waals surface area contributed by atoms with E-state index in [1.165, 1.54) is 67.2 Å². The van der Waals surface area contributed by atoms with Gasteiger partial charge in [-0.2, -0.15) is 0 Å². The Labute approximate surface area is 327 Å². The topological polar surface area (TPSA) is 104 Å². The number of aromatic hydroxyl groups is 1. The summed E-state index contributed by atoms with van der Waals surface area (Å²) in [5.41, 5.74) is 11.8. The Morgan fingerprint density at radius 1 is 0.836 bits per heavy atom. The van der Waals surface area contributed by atoms with E-state index in [2.05, 4.69) is 60.7 Å². The number of hydrogen-bond acceptors (Lipinski definition) is 4. The molecular formula is C50H61NO4. The predicted molar refractivity (Wildman–Crippen MR) is 222 cm³/mol. The maximum Gasteiger partial charge on any atom is 0.307 e. The van der Waals surface area contributed by atoms with Gasteiger partial charge >= 0.3 is 5.97 Å². The Hall–Kier alpha value is -4.09. The van der Waals surface area contributed by atoms with Crippen LogP contribution in [0.25, 0.3) is 11.8 Å². The normalized spacial score (nSPS) is 29.8. The number of unbranched alkanes of at least 4 members (excludes halogenated alkanes) is 3. The predicted octanol–water partition coefficient (Wildman–Crippen LogP) is 9.40. The van der Waals surface area contributed by atoms with Crippen LogP contribution in [0.1, 0.15) is 118 Å². The van der Waals surface area contributed by atoms with Crippen LogP contribution in [0.3, 0.4) is 0 Å². The fourth-order valence-corrected chi connectivity index (χ4v) is 11.9. The summed E-state index contributed by atoms with van der Waals surface area (Å²) in [6.07, 6.45) is 26.0. The summed E-state index contributed by atoms with van der Waals surface area (Å²) in [6.45, 7) is 0.758. The minimum absolute atomic E-state index is 0.100. The lowest BCUT2D eigenvalue weighted by atomic mass is 9.47. The molecule has 55 heavy (non-hydrogen) atoms. The van der Waals surface area contributed by atoms with E-state index in [0.717, 1.165) is 67.8 Å². The van der Waals surface area contributed by atoms with E-state index < -0.39 is 17.3 Å². The number of benzene rings is 3. The third kappa shape index (κ3) is 7.71. The molecule has 5 nitrogen and oxygen atoms in total. The van der Waals surface area contributed by atoms with Gasteiger partial charge in [-0.15, -0.1) is 0 Å². The maximum atomic E-state index is 13.6. The van der Waals surface area contributed by atoms with Crippen molar-refractivity contribution >= 4 is 17.8 Å². The van der Waals surface area contributed by atoms with Gasteiger partial charge < -0.3 is 21.1 Å². The number of hydrogen-bond donors (Lipinski definition) is 4. The van der Waals surface area contributed by atoms with Gasteiger partial charge in [0.25, 0.3) is 0 Å². The van der Waals surface area contributed by atoms with E-state index in [9.17, 15) is 20.1 Å². The molecule has 0 radical (unpaired) electrons. The van der Waals surface area contributed by atoms with E-state index in [4.69, 9.17) is 5.73 Å². The Bertz CT molecular complexity index is 2030. The molecule has 8 atom stereocenters. The number of aliphatic carboxylic acids is 1. The van der Waals surface area contributed by atoms with Crippen molar-refractivity contribution in [1.29, 1.82) is 0 Å². The second kappa shape index (κ2) is 16.6. The summed E-state index contributed by atoms with van der Waals surface area (Å²) < 4.78 is 0. The van der Waals surface area contributed by atoms with Crippen molar-refractivity contribution in [2.45, 2.75) is 114 Å². The number of nitrogens with two attached hydrogens (primary N) is 1. The van der Waals surface area contributed by atoms with Crippen LogP contribution in [0.5, 0.6) is 5.75 Å². The van der Waals surface area contributed by atoms with E-state index in [-0.39, 0.29) is 23.7 Å². The highest BCUT2D eigenvalue weighted by molar-refractivity contribution is 5.74. The highest BCUT2D eigenvalue weighted by Gasteiger charge is 2.57. The van der Waals surface area contributed by atoms with Crippen LogP contribution in [-0.2, 0) is 23.1 Å². The summed E-state index contributed by atoms with van der Waals surface area (Å²) in [7, 11) is 0. The second-order valence-electron chi connectivity index (χ2n) is 17.8. The highest BCUT2D eigenvalue weighted by atomic mass is 16.4. The van der Waals surface area contributed by atoms with Gasteiger partial charge in [0.15, 0.2) is 0 Å². The molecule has 290 valence electrons. The van der Waals surface area contributed by atoms with Crippen molar-refractivity contribution < 1.29 is 20.1 Å². The quantitative estimate of drug-likeness (QED) is 0.116. The third-order valence-corrected chi connectivity index (χ3v) is 14.7. The number of aryl methyl sites for hydroxylation is 1. The zero-order valence-corrected chi connectivity index (χ0v) is 32.5. The van der Waals surface area contributed by atoms with E-state index in [0.29, 0.717) is 30.3 Å². The number of phenols is 1. The standard InChI is InChI=1S/C50H61NO4/c51-26-25-34-16-15-33(27-34)9-3-1-2-4-10-36-11-6-8-14-46(49(54)55)50-32-45-40(30-39-12-5-7-13-43(39)48(45)53)31-41(50)22-19-38-18-17-35(29-47(38)50)28-44(36)37-20-23-42(52)24-21-37/h5-8,12-13,17-18,20-21,23-24,27,29-30,33,36,40-41,44-46,52-53H,1-4,9-11,14-16,19,22,25-26,28,31-32,51H2,(H,54,55)/t33-,36?,40-,41-,44+,45-,46-,50+/m1/s1. The molecule has 2 bridgehead atoms. The third-order valence-electron chi connectivity index (χ3n) is 14.7. The van der Waals surface area contributed by atoms with Crippen molar-refractivity contribution in [3.8, 4) is 5.75 Å². The van der Waals surface area contributed by atoms with Crippen LogP contribution in [0.2, 0.25) is 0 Å². The summed E-state index contributed by atoms with van der Waals surface area (Å²) in [5, 5.41) is 35.3. The largest absolute Gasteiger partial charge is 0.511 e. The van der Waals surface area contributed by atoms with Gasteiger partial charge in [-0.25, -0.2) is 0 Å². The van der Waals surface area contributed by atoms with E-state index in [1.807, 2.05) is 30.3 Å². The summed E-state index contributed by atoms with van der Waals surface area (Å²) in [6, 6.07) is 23.1. The molecule has 0 heterocycles. The van der Waals surface area contributed by atoms with Gasteiger partial charge in [-0.1, -0.05) is 110 Å².